The van der Waals surface area contributed by atoms with Gasteiger partial charge < -0.3 is 15.5 Å². The molecule has 0 fully saturated rings. The predicted octanol–water partition coefficient (Wildman–Crippen LogP) is -0.0631. The third-order valence-electron chi connectivity index (χ3n) is 3.94. The minimum Gasteiger partial charge on any atom is -0.352 e. The zero-order chi connectivity index (χ0) is 17.8. The van der Waals surface area contributed by atoms with Gasteiger partial charge in [0.2, 0.25) is 11.9 Å². The highest BCUT2D eigenvalue weighted by atomic mass is 16.2. The maximum Gasteiger partial charge on any atom is 0.250 e. The Labute approximate surface area is 143 Å². The van der Waals surface area contributed by atoms with Crippen LogP contribution in [-0.4, -0.2) is 50.6 Å². The first kappa shape index (κ1) is 16.6. The van der Waals surface area contributed by atoms with E-state index in [9.17, 15) is 9.59 Å². The van der Waals surface area contributed by atoms with E-state index in [0.29, 0.717) is 23.8 Å². The molecule has 3 rings (SSSR count). The number of carbonyl (C=O) groups excluding carboxylic acids is 2. The Kier molecular flexibility index (Phi) is 4.68. The molecule has 2 N–H and O–H groups in total. The number of anilines is 2. The number of rotatable bonds is 5. The fourth-order valence-electron chi connectivity index (χ4n) is 2.45. The van der Waals surface area contributed by atoms with E-state index in [0.717, 1.165) is 5.70 Å². The summed E-state index contributed by atoms with van der Waals surface area (Å²) >= 11 is 0. The van der Waals surface area contributed by atoms with Crippen molar-refractivity contribution >= 4 is 23.5 Å². The second-order valence-corrected chi connectivity index (χ2v) is 5.55. The largest absolute Gasteiger partial charge is 0.352 e. The highest BCUT2D eigenvalue weighted by Crippen LogP contribution is 2.23. The number of carbonyl (C=O) groups is 2. The summed E-state index contributed by atoms with van der Waals surface area (Å²) in [5.41, 5.74) is 2.02. The second-order valence-electron chi connectivity index (χ2n) is 5.55. The standard InChI is InChI=1S/C15H18N8O2/c1-10-12(9-23-15(22(10)2)19-20-21-23)14(25)17-8-5-13(24)18-11-3-6-16-7-4-11/h3-4,6-7H,5,8-9H2,1-2H3,(H,17,25)(H,16,18,24). The number of allylic oxidation sites excluding steroid dienone is 1. The van der Waals surface area contributed by atoms with Crippen molar-refractivity contribution < 1.29 is 9.59 Å². The summed E-state index contributed by atoms with van der Waals surface area (Å²) in [5, 5.41) is 16.9. The molecule has 0 spiro atoms. The fraction of sp³-hybridized carbons (Fsp3) is 0.333. The molecule has 1 aliphatic rings. The second kappa shape index (κ2) is 7.07. The molecule has 0 saturated carbocycles. The van der Waals surface area contributed by atoms with Gasteiger partial charge in [-0.05, 0) is 29.5 Å². The van der Waals surface area contributed by atoms with Gasteiger partial charge in [-0.25, -0.2) is 4.68 Å². The molecule has 10 nitrogen and oxygen atoms in total. The van der Waals surface area contributed by atoms with Crippen molar-refractivity contribution in [1.29, 1.82) is 0 Å². The molecule has 0 saturated heterocycles. The number of nitrogens with one attached hydrogen (secondary N) is 2. The van der Waals surface area contributed by atoms with Gasteiger partial charge in [-0.15, -0.1) is 0 Å². The number of amides is 2. The van der Waals surface area contributed by atoms with Crippen LogP contribution in [0.5, 0.6) is 0 Å². The number of fused-ring (bicyclic) bond motifs is 1. The molecule has 0 radical (unpaired) electrons. The molecule has 2 aromatic rings. The van der Waals surface area contributed by atoms with E-state index in [1.807, 2.05) is 6.92 Å². The van der Waals surface area contributed by atoms with Crippen LogP contribution in [0.2, 0.25) is 0 Å². The smallest absolute Gasteiger partial charge is 0.250 e. The molecule has 2 aromatic heterocycles. The van der Waals surface area contributed by atoms with Crippen molar-refractivity contribution in [1.82, 2.24) is 30.5 Å². The van der Waals surface area contributed by atoms with Gasteiger partial charge in [0.25, 0.3) is 5.91 Å². The summed E-state index contributed by atoms with van der Waals surface area (Å²) in [4.78, 5) is 29.9. The number of hydrogen-bond donors (Lipinski definition) is 2. The normalized spacial score (nSPS) is 13.4. The van der Waals surface area contributed by atoms with E-state index in [4.69, 9.17) is 0 Å². The van der Waals surface area contributed by atoms with E-state index in [2.05, 4.69) is 31.1 Å². The Balaban J connectivity index is 1.53. The Hall–Kier alpha value is -3.30. The van der Waals surface area contributed by atoms with Crippen molar-refractivity contribution in [3.63, 3.8) is 0 Å². The monoisotopic (exact) mass is 342 g/mol. The third kappa shape index (κ3) is 3.62. The number of nitrogens with zero attached hydrogens (tertiary/aromatic N) is 6. The SMILES string of the molecule is CC1=C(C(=O)NCCC(=O)Nc2ccncc2)Cn2nnnc2N1C. The van der Waals surface area contributed by atoms with Gasteiger partial charge in [0, 0.05) is 43.8 Å². The van der Waals surface area contributed by atoms with Crippen LogP contribution < -0.4 is 15.5 Å². The van der Waals surface area contributed by atoms with Crippen LogP contribution in [0.3, 0.4) is 0 Å². The molecular formula is C15H18N8O2. The van der Waals surface area contributed by atoms with Crippen LogP contribution in [0, 0.1) is 0 Å². The zero-order valence-corrected chi connectivity index (χ0v) is 13.9. The predicted molar refractivity (Wildman–Crippen MR) is 89.4 cm³/mol. The lowest BCUT2D eigenvalue weighted by molar-refractivity contribution is -0.118. The molecule has 1 aliphatic heterocycles. The van der Waals surface area contributed by atoms with Gasteiger partial charge in [0.1, 0.15) is 0 Å². The fourth-order valence-corrected chi connectivity index (χ4v) is 2.45. The minimum atomic E-state index is -0.234. The van der Waals surface area contributed by atoms with Crippen LogP contribution in [0.25, 0.3) is 0 Å². The summed E-state index contributed by atoms with van der Waals surface area (Å²) in [6, 6.07) is 3.40. The van der Waals surface area contributed by atoms with Crippen LogP contribution >= 0.6 is 0 Å². The Morgan fingerprint density at radius 2 is 2.04 bits per heavy atom. The number of aromatic nitrogens is 5. The van der Waals surface area contributed by atoms with Gasteiger partial charge >= 0.3 is 0 Å². The third-order valence-corrected chi connectivity index (χ3v) is 3.94. The van der Waals surface area contributed by atoms with Gasteiger partial charge in [-0.1, -0.05) is 5.10 Å². The van der Waals surface area contributed by atoms with E-state index in [1.54, 1.807) is 41.2 Å². The molecule has 0 unspecified atom stereocenters. The van der Waals surface area contributed by atoms with E-state index < -0.39 is 0 Å². The van der Waals surface area contributed by atoms with Crippen molar-refractivity contribution in [2.24, 2.45) is 0 Å². The zero-order valence-electron chi connectivity index (χ0n) is 13.9. The van der Waals surface area contributed by atoms with Gasteiger partial charge in [0.05, 0.1) is 12.1 Å². The minimum absolute atomic E-state index is 0.173. The summed E-state index contributed by atoms with van der Waals surface area (Å²) in [6.07, 6.45) is 3.37. The van der Waals surface area contributed by atoms with Crippen molar-refractivity contribution in [3.05, 3.63) is 35.8 Å². The van der Waals surface area contributed by atoms with Crippen LogP contribution in [-0.2, 0) is 16.1 Å². The number of pyridine rings is 1. The highest BCUT2D eigenvalue weighted by molar-refractivity contribution is 5.96. The van der Waals surface area contributed by atoms with Crippen molar-refractivity contribution in [3.8, 4) is 0 Å². The lowest BCUT2D eigenvalue weighted by atomic mass is 10.1. The average molecular weight is 342 g/mol. The molecule has 10 heteroatoms. The molecule has 3 heterocycles. The van der Waals surface area contributed by atoms with Gasteiger partial charge in [-0.2, -0.15) is 0 Å². The van der Waals surface area contributed by atoms with Gasteiger partial charge in [-0.3, -0.25) is 14.6 Å². The number of tetrazole rings is 1. The summed E-state index contributed by atoms with van der Waals surface area (Å²) in [5.74, 6) is 0.175. The maximum atomic E-state index is 12.4. The summed E-state index contributed by atoms with van der Waals surface area (Å²) < 4.78 is 1.55. The first-order chi connectivity index (χ1) is 12.1. The molecular weight excluding hydrogens is 324 g/mol. The molecule has 0 bridgehead atoms. The molecule has 2 amide bonds. The van der Waals surface area contributed by atoms with Crippen LogP contribution in [0.1, 0.15) is 13.3 Å². The van der Waals surface area contributed by atoms with E-state index in [1.165, 1.54) is 0 Å². The van der Waals surface area contributed by atoms with Crippen molar-refractivity contribution in [2.75, 3.05) is 23.8 Å². The molecule has 0 atom stereocenters. The van der Waals surface area contributed by atoms with Crippen LogP contribution in [0.4, 0.5) is 11.6 Å². The lowest BCUT2D eigenvalue weighted by Gasteiger charge is -2.26. The number of hydrogen-bond acceptors (Lipinski definition) is 7. The summed E-state index contributed by atoms with van der Waals surface area (Å²) in [6.45, 7) is 2.37. The first-order valence-corrected chi connectivity index (χ1v) is 7.74. The van der Waals surface area contributed by atoms with Crippen LogP contribution in [0.15, 0.2) is 35.8 Å². The topological polar surface area (TPSA) is 118 Å². The lowest BCUT2D eigenvalue weighted by Crippen LogP contribution is -2.36. The Morgan fingerprint density at radius 3 is 2.80 bits per heavy atom. The quantitative estimate of drug-likeness (QED) is 0.781. The maximum absolute atomic E-state index is 12.4. The van der Waals surface area contributed by atoms with E-state index >= 15 is 0 Å². The molecule has 130 valence electrons. The molecule has 0 aromatic carbocycles. The van der Waals surface area contributed by atoms with E-state index in [-0.39, 0.29) is 24.8 Å². The van der Waals surface area contributed by atoms with Crippen molar-refractivity contribution in [2.45, 2.75) is 19.9 Å². The van der Waals surface area contributed by atoms with Gasteiger partial charge in [0.15, 0.2) is 0 Å². The summed E-state index contributed by atoms with van der Waals surface area (Å²) in [7, 11) is 1.80. The molecule has 25 heavy (non-hydrogen) atoms. The Bertz CT molecular complexity index is 814. The highest BCUT2D eigenvalue weighted by Gasteiger charge is 2.26. The Morgan fingerprint density at radius 1 is 1.28 bits per heavy atom. The average Bonchev–Trinajstić information content (AvgIpc) is 3.07. The first-order valence-electron chi connectivity index (χ1n) is 7.74. The molecule has 0 aliphatic carbocycles.